The molecule has 0 spiro atoms. The Morgan fingerprint density at radius 2 is 1.77 bits per heavy atom. The molecular weight excluding hydrogens is 391 g/mol. The average molecular weight is 412 g/mol. The van der Waals surface area contributed by atoms with E-state index in [1.54, 1.807) is 12.1 Å². The Balaban J connectivity index is 1.84. The molecule has 8 heteroatoms. The van der Waals surface area contributed by atoms with Crippen molar-refractivity contribution in [3.63, 3.8) is 0 Å². The Morgan fingerprint density at radius 1 is 1.13 bits per heavy atom. The van der Waals surface area contributed by atoms with Crippen molar-refractivity contribution >= 4 is 17.8 Å². The highest BCUT2D eigenvalue weighted by Crippen LogP contribution is 2.50. The minimum absolute atomic E-state index is 0.0687. The Kier molecular flexibility index (Phi) is 4.82. The summed E-state index contributed by atoms with van der Waals surface area (Å²) in [7, 11) is 2.63. The Labute approximate surface area is 172 Å². The highest BCUT2D eigenvalue weighted by Gasteiger charge is 2.68. The molecule has 2 saturated heterocycles. The van der Waals surface area contributed by atoms with Crippen LogP contribution >= 0.6 is 0 Å². The van der Waals surface area contributed by atoms with Gasteiger partial charge in [0.1, 0.15) is 17.1 Å². The third kappa shape index (κ3) is 2.95. The number of fused-ring (bicyclic) bond motifs is 1. The zero-order valence-electron chi connectivity index (χ0n) is 16.5. The Hall–Kier alpha value is -3.26. The Bertz CT molecular complexity index is 1010. The molecule has 4 rings (SSSR count). The van der Waals surface area contributed by atoms with Gasteiger partial charge in [-0.3, -0.25) is 24.6 Å². The van der Waals surface area contributed by atoms with Crippen LogP contribution < -0.4 is 5.32 Å². The van der Waals surface area contributed by atoms with Gasteiger partial charge in [0, 0.05) is 19.5 Å². The van der Waals surface area contributed by atoms with Gasteiger partial charge >= 0.3 is 5.97 Å². The number of likely N-dealkylation sites (tertiary alicyclic amines) is 1. The van der Waals surface area contributed by atoms with Crippen LogP contribution in [0.2, 0.25) is 0 Å². The van der Waals surface area contributed by atoms with E-state index in [4.69, 9.17) is 4.74 Å². The average Bonchev–Trinajstić information content (AvgIpc) is 3.20. The molecular formula is C22H21FN2O5. The lowest BCUT2D eigenvalue weighted by Crippen LogP contribution is -2.57. The molecule has 2 amide bonds. The number of aromatic hydroxyl groups is 1. The summed E-state index contributed by atoms with van der Waals surface area (Å²) < 4.78 is 18.5. The molecule has 156 valence electrons. The van der Waals surface area contributed by atoms with Crippen LogP contribution in [0.3, 0.4) is 0 Å². The number of halogens is 1. The maximum atomic E-state index is 13.5. The van der Waals surface area contributed by atoms with E-state index in [-0.39, 0.29) is 12.2 Å². The van der Waals surface area contributed by atoms with Crippen LogP contribution in [0.15, 0.2) is 48.5 Å². The summed E-state index contributed by atoms with van der Waals surface area (Å²) in [5.41, 5.74) is -0.217. The molecule has 30 heavy (non-hydrogen) atoms. The smallest absolute Gasteiger partial charge is 0.327 e. The number of carbonyl (C=O) groups is 3. The third-order valence-electron chi connectivity index (χ3n) is 6.07. The number of phenols is 1. The topological polar surface area (TPSA) is 95.9 Å². The summed E-state index contributed by atoms with van der Waals surface area (Å²) in [6, 6.07) is 11.2. The molecule has 0 bridgehead atoms. The second-order valence-corrected chi connectivity index (χ2v) is 7.72. The van der Waals surface area contributed by atoms with E-state index >= 15 is 0 Å². The fourth-order valence-electron chi connectivity index (χ4n) is 4.64. The first kappa shape index (κ1) is 20.0. The van der Waals surface area contributed by atoms with Gasteiger partial charge in [-0.25, -0.2) is 4.39 Å². The quantitative estimate of drug-likeness (QED) is 0.585. The number of amides is 2. The first-order chi connectivity index (χ1) is 14.3. The van der Waals surface area contributed by atoms with Gasteiger partial charge in [0.2, 0.25) is 11.8 Å². The fraction of sp³-hybridized carbons (Fsp3) is 0.318. The van der Waals surface area contributed by atoms with Gasteiger partial charge in [-0.05, 0) is 35.4 Å². The van der Waals surface area contributed by atoms with E-state index < -0.39 is 47.0 Å². The van der Waals surface area contributed by atoms with Gasteiger partial charge in [-0.15, -0.1) is 0 Å². The molecule has 4 atom stereocenters. The SMILES string of the molecule is COC(=O)[C@]1(Cc2ccc(O)cc2)N[C@H](c2ccc(F)cc2)[C@@H]2C(=O)N(C)C(=O)[C@@H]21. The fourth-order valence-corrected chi connectivity index (χ4v) is 4.64. The van der Waals surface area contributed by atoms with E-state index in [0.717, 1.165) is 4.90 Å². The molecule has 2 fully saturated rings. The number of phenolic OH excluding ortho intramolecular Hbond substituents is 1. The lowest BCUT2D eigenvalue weighted by atomic mass is 9.76. The summed E-state index contributed by atoms with van der Waals surface area (Å²) in [4.78, 5) is 40.1. The summed E-state index contributed by atoms with van der Waals surface area (Å²) in [6.45, 7) is 0. The van der Waals surface area contributed by atoms with Gasteiger partial charge < -0.3 is 9.84 Å². The van der Waals surface area contributed by atoms with E-state index in [9.17, 15) is 23.9 Å². The molecule has 2 N–H and O–H groups in total. The van der Waals surface area contributed by atoms with E-state index in [1.165, 1.54) is 50.6 Å². The second-order valence-electron chi connectivity index (χ2n) is 7.72. The summed E-state index contributed by atoms with van der Waals surface area (Å²) in [5.74, 6) is -3.70. The zero-order valence-corrected chi connectivity index (χ0v) is 16.5. The van der Waals surface area contributed by atoms with Crippen molar-refractivity contribution in [2.45, 2.75) is 18.0 Å². The summed E-state index contributed by atoms with van der Waals surface area (Å²) in [6.07, 6.45) is 0.0751. The molecule has 0 aromatic heterocycles. The number of ether oxygens (including phenoxy) is 1. The summed E-state index contributed by atoms with van der Waals surface area (Å²) >= 11 is 0. The largest absolute Gasteiger partial charge is 0.508 e. The van der Waals surface area contributed by atoms with E-state index in [2.05, 4.69) is 5.32 Å². The van der Waals surface area contributed by atoms with Crippen molar-refractivity contribution in [2.75, 3.05) is 14.2 Å². The van der Waals surface area contributed by atoms with Crippen LogP contribution in [0.1, 0.15) is 17.2 Å². The highest BCUT2D eigenvalue weighted by molar-refractivity contribution is 6.09. The van der Waals surface area contributed by atoms with Crippen molar-refractivity contribution < 1.29 is 28.6 Å². The predicted molar refractivity (Wildman–Crippen MR) is 104 cm³/mol. The monoisotopic (exact) mass is 412 g/mol. The maximum absolute atomic E-state index is 13.5. The van der Waals surface area contributed by atoms with Gasteiger partial charge in [0.25, 0.3) is 0 Å². The van der Waals surface area contributed by atoms with Gasteiger partial charge in [0.15, 0.2) is 0 Å². The molecule has 0 aliphatic carbocycles. The van der Waals surface area contributed by atoms with Gasteiger partial charge in [0.05, 0.1) is 18.9 Å². The summed E-state index contributed by atoms with van der Waals surface area (Å²) in [5, 5.41) is 12.8. The van der Waals surface area contributed by atoms with Crippen LogP contribution in [-0.4, -0.2) is 47.5 Å². The minimum atomic E-state index is -1.49. The van der Waals surface area contributed by atoms with Crippen molar-refractivity contribution in [3.05, 3.63) is 65.5 Å². The normalized spacial score (nSPS) is 28.0. The molecule has 0 radical (unpaired) electrons. The van der Waals surface area contributed by atoms with Crippen molar-refractivity contribution in [1.82, 2.24) is 10.2 Å². The molecule has 0 saturated carbocycles. The zero-order chi connectivity index (χ0) is 21.6. The van der Waals surface area contributed by atoms with Gasteiger partial charge in [-0.1, -0.05) is 24.3 Å². The standard InChI is InChI=1S/C22H21FN2O5/c1-25-19(27)16-17(20(25)28)22(21(29)30-2,11-12-3-9-15(26)10-4-12)24-18(16)13-5-7-14(23)8-6-13/h3-10,16-18,24,26H,11H2,1-2H3/t16-,17-,18-,22-/m1/s1. The van der Waals surface area contributed by atoms with Crippen molar-refractivity contribution in [3.8, 4) is 5.75 Å². The predicted octanol–water partition coefficient (Wildman–Crippen LogP) is 1.56. The number of benzene rings is 2. The number of methoxy groups -OCH3 is 1. The van der Waals surface area contributed by atoms with Crippen LogP contribution in [0.4, 0.5) is 4.39 Å². The van der Waals surface area contributed by atoms with Crippen LogP contribution in [0, 0.1) is 17.7 Å². The first-order valence-corrected chi connectivity index (χ1v) is 9.49. The number of imide groups is 1. The third-order valence-corrected chi connectivity index (χ3v) is 6.07. The number of carbonyl (C=O) groups excluding carboxylic acids is 3. The number of nitrogens with zero attached hydrogens (tertiary/aromatic N) is 1. The Morgan fingerprint density at radius 3 is 2.37 bits per heavy atom. The van der Waals surface area contributed by atoms with Crippen LogP contribution in [0.5, 0.6) is 5.75 Å². The van der Waals surface area contributed by atoms with Crippen molar-refractivity contribution in [2.24, 2.45) is 11.8 Å². The number of rotatable bonds is 4. The van der Waals surface area contributed by atoms with Crippen LogP contribution in [0.25, 0.3) is 0 Å². The molecule has 2 aromatic rings. The lowest BCUT2D eigenvalue weighted by Gasteiger charge is -2.32. The molecule has 0 unspecified atom stereocenters. The first-order valence-electron chi connectivity index (χ1n) is 9.49. The molecule has 2 aliphatic rings. The van der Waals surface area contributed by atoms with Gasteiger partial charge in [-0.2, -0.15) is 0 Å². The molecule has 2 aromatic carbocycles. The lowest BCUT2D eigenvalue weighted by molar-refractivity contribution is -0.153. The highest BCUT2D eigenvalue weighted by atomic mass is 19.1. The molecule has 2 aliphatic heterocycles. The van der Waals surface area contributed by atoms with Crippen molar-refractivity contribution in [1.29, 1.82) is 0 Å². The second kappa shape index (κ2) is 7.21. The minimum Gasteiger partial charge on any atom is -0.508 e. The maximum Gasteiger partial charge on any atom is 0.327 e. The number of nitrogens with one attached hydrogen (secondary N) is 1. The van der Waals surface area contributed by atoms with E-state index in [0.29, 0.717) is 11.1 Å². The number of hydrogen-bond donors (Lipinski definition) is 2. The van der Waals surface area contributed by atoms with Crippen LogP contribution in [-0.2, 0) is 25.5 Å². The van der Waals surface area contributed by atoms with E-state index in [1.807, 2.05) is 0 Å². The number of esters is 1. The molecule has 2 heterocycles. The number of hydrogen-bond acceptors (Lipinski definition) is 6. The molecule has 7 nitrogen and oxygen atoms in total.